The Kier molecular flexibility index (Phi) is 3.78. The molecule has 6 nitrogen and oxygen atoms in total. The molecular weight excluding hydrogens is 309 g/mol. The molecule has 0 fully saturated rings. The van der Waals surface area contributed by atoms with Crippen molar-refractivity contribution in [1.82, 2.24) is 10.2 Å². The third-order valence-electron chi connectivity index (χ3n) is 2.54. The molecule has 1 aromatic heterocycles. The minimum Gasteiger partial charge on any atom is -0.319 e. The lowest BCUT2D eigenvalue weighted by atomic mass is 10.2. The Morgan fingerprint density at radius 1 is 1.45 bits per heavy atom. The summed E-state index contributed by atoms with van der Waals surface area (Å²) in [4.78, 5) is 11.5. The lowest BCUT2D eigenvalue weighted by molar-refractivity contribution is 0.102. The maximum Gasteiger partial charge on any atom is 0.261 e. The highest BCUT2D eigenvalue weighted by Crippen LogP contribution is 2.22. The van der Waals surface area contributed by atoms with Gasteiger partial charge in [-0.3, -0.25) is 9.89 Å². The maximum absolute atomic E-state index is 13.7. The fraction of sp³-hybridized carbons (Fsp3) is 0.0909. The molecule has 0 aliphatic carbocycles. The average molecular weight is 318 g/mol. The van der Waals surface area contributed by atoms with Gasteiger partial charge in [0.25, 0.3) is 15.0 Å². The first kappa shape index (κ1) is 14.5. The zero-order valence-electron chi connectivity index (χ0n) is 10.1. The van der Waals surface area contributed by atoms with E-state index in [0.29, 0.717) is 5.69 Å². The number of carbonyl (C=O) groups is 1. The van der Waals surface area contributed by atoms with Gasteiger partial charge in [-0.15, -0.1) is 0 Å². The second-order valence-corrected chi connectivity index (χ2v) is 6.51. The fourth-order valence-corrected chi connectivity index (χ4v) is 2.28. The van der Waals surface area contributed by atoms with E-state index >= 15 is 0 Å². The van der Waals surface area contributed by atoms with Gasteiger partial charge >= 0.3 is 0 Å². The van der Waals surface area contributed by atoms with Crippen LogP contribution in [0.4, 0.5) is 10.1 Å². The molecule has 0 aliphatic rings. The van der Waals surface area contributed by atoms with Crippen molar-refractivity contribution in [2.45, 2.75) is 11.8 Å². The van der Waals surface area contributed by atoms with Crippen molar-refractivity contribution in [3.8, 4) is 0 Å². The fourth-order valence-electron chi connectivity index (χ4n) is 1.52. The number of anilines is 1. The molecule has 0 spiro atoms. The summed E-state index contributed by atoms with van der Waals surface area (Å²) in [5.41, 5.74) is 0.640. The van der Waals surface area contributed by atoms with Gasteiger partial charge in [-0.1, -0.05) is 0 Å². The highest BCUT2D eigenvalue weighted by Gasteiger charge is 2.16. The first-order valence-corrected chi connectivity index (χ1v) is 7.65. The lowest BCUT2D eigenvalue weighted by Crippen LogP contribution is -2.13. The van der Waals surface area contributed by atoms with E-state index in [1.165, 1.54) is 6.20 Å². The number of rotatable bonds is 3. The molecule has 1 amide bonds. The molecule has 0 unspecified atom stereocenters. The monoisotopic (exact) mass is 317 g/mol. The van der Waals surface area contributed by atoms with Gasteiger partial charge in [-0.2, -0.15) is 5.10 Å². The van der Waals surface area contributed by atoms with Crippen LogP contribution >= 0.6 is 10.7 Å². The van der Waals surface area contributed by atoms with Crippen molar-refractivity contribution >= 4 is 31.3 Å². The number of aromatic amines is 1. The second-order valence-electron chi connectivity index (χ2n) is 3.94. The second kappa shape index (κ2) is 5.22. The number of halogens is 2. The summed E-state index contributed by atoms with van der Waals surface area (Å²) >= 11 is 0. The predicted octanol–water partition coefficient (Wildman–Crippen LogP) is 2.04. The van der Waals surface area contributed by atoms with E-state index in [1.54, 1.807) is 6.92 Å². The molecule has 2 N–H and O–H groups in total. The average Bonchev–Trinajstić information content (AvgIpc) is 2.76. The number of benzene rings is 1. The number of nitrogens with one attached hydrogen (secondary N) is 2. The van der Waals surface area contributed by atoms with Gasteiger partial charge in [0.05, 0.1) is 22.3 Å². The van der Waals surface area contributed by atoms with E-state index in [1.807, 2.05) is 0 Å². The van der Waals surface area contributed by atoms with Gasteiger partial charge in [0.1, 0.15) is 5.82 Å². The van der Waals surface area contributed by atoms with Gasteiger partial charge in [0.15, 0.2) is 0 Å². The summed E-state index contributed by atoms with van der Waals surface area (Å²) in [6.07, 6.45) is 1.31. The van der Waals surface area contributed by atoms with Crippen molar-refractivity contribution in [2.75, 3.05) is 5.32 Å². The highest BCUT2D eigenvalue weighted by atomic mass is 35.7. The first-order valence-electron chi connectivity index (χ1n) is 5.34. The number of nitrogens with zero attached hydrogens (tertiary/aromatic N) is 1. The van der Waals surface area contributed by atoms with E-state index in [0.717, 1.165) is 18.2 Å². The number of hydrogen-bond donors (Lipinski definition) is 2. The van der Waals surface area contributed by atoms with E-state index in [9.17, 15) is 17.6 Å². The summed E-state index contributed by atoms with van der Waals surface area (Å²) < 4.78 is 35.8. The molecule has 0 saturated heterocycles. The predicted molar refractivity (Wildman–Crippen MR) is 70.7 cm³/mol. The van der Waals surface area contributed by atoms with Crippen LogP contribution in [-0.4, -0.2) is 24.5 Å². The van der Waals surface area contributed by atoms with Gasteiger partial charge in [0.2, 0.25) is 0 Å². The number of carbonyl (C=O) groups excluding carboxylic acids is 1. The quantitative estimate of drug-likeness (QED) is 0.847. The number of aromatic nitrogens is 2. The number of H-pyrrole nitrogens is 1. The number of amides is 1. The van der Waals surface area contributed by atoms with Crippen molar-refractivity contribution in [2.24, 2.45) is 0 Å². The van der Waals surface area contributed by atoms with Crippen LogP contribution in [-0.2, 0) is 9.05 Å². The van der Waals surface area contributed by atoms with Crippen molar-refractivity contribution in [3.63, 3.8) is 0 Å². The van der Waals surface area contributed by atoms with Gasteiger partial charge in [0, 0.05) is 16.4 Å². The number of aryl methyl sites for hydroxylation is 1. The topological polar surface area (TPSA) is 91.9 Å². The van der Waals surface area contributed by atoms with Gasteiger partial charge < -0.3 is 5.32 Å². The third-order valence-corrected chi connectivity index (χ3v) is 3.90. The van der Waals surface area contributed by atoms with E-state index in [2.05, 4.69) is 15.5 Å². The van der Waals surface area contributed by atoms with Crippen LogP contribution in [0.2, 0.25) is 0 Å². The Labute approximate surface area is 118 Å². The zero-order valence-corrected chi connectivity index (χ0v) is 11.7. The molecule has 0 aliphatic heterocycles. The summed E-state index contributed by atoms with van der Waals surface area (Å²) in [7, 11) is 1.08. The molecule has 1 aromatic carbocycles. The van der Waals surface area contributed by atoms with Crippen LogP contribution in [0.1, 0.15) is 16.1 Å². The van der Waals surface area contributed by atoms with Crippen LogP contribution in [0, 0.1) is 12.7 Å². The normalized spacial score (nSPS) is 11.3. The van der Waals surface area contributed by atoms with Crippen molar-refractivity contribution < 1.29 is 17.6 Å². The summed E-state index contributed by atoms with van der Waals surface area (Å²) in [6.45, 7) is 1.64. The number of hydrogen-bond acceptors (Lipinski definition) is 4. The van der Waals surface area contributed by atoms with E-state index < -0.39 is 20.8 Å². The molecule has 20 heavy (non-hydrogen) atoms. The summed E-state index contributed by atoms with van der Waals surface area (Å²) in [6, 6.07) is 2.96. The largest absolute Gasteiger partial charge is 0.319 e. The molecule has 0 radical (unpaired) electrons. The van der Waals surface area contributed by atoms with Crippen LogP contribution in [0.3, 0.4) is 0 Å². The molecule has 2 aromatic rings. The van der Waals surface area contributed by atoms with Crippen LogP contribution in [0.15, 0.2) is 29.3 Å². The van der Waals surface area contributed by atoms with Crippen LogP contribution < -0.4 is 5.32 Å². The Balaban J connectivity index is 2.27. The van der Waals surface area contributed by atoms with Crippen LogP contribution in [0.5, 0.6) is 0 Å². The maximum atomic E-state index is 13.7. The van der Waals surface area contributed by atoms with E-state index in [4.69, 9.17) is 10.7 Å². The Morgan fingerprint density at radius 2 is 2.15 bits per heavy atom. The standard InChI is InChI=1S/C11H9ClFN3O3S/c1-6-8(5-14-16-6)11(17)15-10-3-2-7(4-9(10)13)20(12,18)19/h2-5H,1H3,(H,14,16)(H,15,17). The first-order chi connectivity index (χ1) is 9.29. The van der Waals surface area contributed by atoms with E-state index in [-0.39, 0.29) is 16.1 Å². The molecule has 0 atom stereocenters. The molecule has 0 bridgehead atoms. The van der Waals surface area contributed by atoms with Gasteiger partial charge in [-0.05, 0) is 25.1 Å². The molecule has 106 valence electrons. The molecule has 1 heterocycles. The minimum atomic E-state index is -4.02. The SMILES string of the molecule is Cc1[nH]ncc1C(=O)Nc1ccc(S(=O)(=O)Cl)cc1F. The molecule has 9 heteroatoms. The Bertz CT molecular complexity index is 773. The Hall–Kier alpha value is -1.93. The van der Waals surface area contributed by atoms with Crippen LogP contribution in [0.25, 0.3) is 0 Å². The molecule has 2 rings (SSSR count). The third kappa shape index (κ3) is 2.97. The molecular formula is C11H9ClFN3O3S. The Morgan fingerprint density at radius 3 is 2.65 bits per heavy atom. The van der Waals surface area contributed by atoms with Crippen molar-refractivity contribution in [3.05, 3.63) is 41.5 Å². The van der Waals surface area contributed by atoms with Crippen molar-refractivity contribution in [1.29, 1.82) is 0 Å². The zero-order chi connectivity index (χ0) is 14.9. The molecule has 0 saturated carbocycles. The van der Waals surface area contributed by atoms with Gasteiger partial charge in [-0.25, -0.2) is 12.8 Å². The summed E-state index contributed by atoms with van der Waals surface area (Å²) in [5, 5.41) is 8.57. The lowest BCUT2D eigenvalue weighted by Gasteiger charge is -2.06. The summed E-state index contributed by atoms with van der Waals surface area (Å²) in [5.74, 6) is -1.46. The smallest absolute Gasteiger partial charge is 0.261 e. The highest BCUT2D eigenvalue weighted by molar-refractivity contribution is 8.13. The minimum absolute atomic E-state index is 0.153.